The number of amides is 2. The fourth-order valence-corrected chi connectivity index (χ4v) is 7.75. The summed E-state index contributed by atoms with van der Waals surface area (Å²) in [5, 5.41) is 6.99. The van der Waals surface area contributed by atoms with Crippen LogP contribution in [0.15, 0.2) is 48.8 Å². The van der Waals surface area contributed by atoms with Gasteiger partial charge in [-0.25, -0.2) is 0 Å². The number of carbonyl (C=O) groups excluding carboxylic acids is 2. The summed E-state index contributed by atoms with van der Waals surface area (Å²) in [5.41, 5.74) is 7.81. The number of rotatable bonds is 7. The number of nitrogens with one attached hydrogen (secondary N) is 2. The predicted octanol–water partition coefficient (Wildman–Crippen LogP) is 3.90. The van der Waals surface area contributed by atoms with E-state index in [0.717, 1.165) is 49.8 Å². The summed E-state index contributed by atoms with van der Waals surface area (Å²) in [6.45, 7) is 0.457. The Morgan fingerprint density at radius 2 is 1.79 bits per heavy atom. The molecule has 5 saturated carbocycles. The molecule has 34 heavy (non-hydrogen) atoms. The molecule has 4 N–H and O–H groups in total. The van der Waals surface area contributed by atoms with Gasteiger partial charge in [0.1, 0.15) is 0 Å². The molecule has 6 atom stereocenters. The van der Waals surface area contributed by atoms with Crippen LogP contribution in [0.4, 0.5) is 5.69 Å². The third-order valence-corrected chi connectivity index (χ3v) is 9.44. The summed E-state index contributed by atoms with van der Waals surface area (Å²) in [6.07, 6.45) is 9.19. The zero-order valence-electron chi connectivity index (χ0n) is 19.2. The molecule has 1 aromatic heterocycles. The molecule has 2 amide bonds. The highest BCUT2D eigenvalue weighted by Gasteiger charge is 2.66. The minimum Gasteiger partial charge on any atom is -0.354 e. The van der Waals surface area contributed by atoms with Crippen molar-refractivity contribution in [1.29, 1.82) is 0 Å². The quantitative estimate of drug-likeness (QED) is 0.562. The summed E-state index contributed by atoms with van der Waals surface area (Å²) in [7, 11) is 0. The first-order valence-corrected chi connectivity index (χ1v) is 12.8. The second-order valence-electron chi connectivity index (χ2n) is 11.0. The second kappa shape index (κ2) is 8.06. The van der Waals surface area contributed by atoms with E-state index in [1.807, 2.05) is 36.4 Å². The predicted molar refractivity (Wildman–Crippen MR) is 131 cm³/mol. The van der Waals surface area contributed by atoms with Crippen molar-refractivity contribution >= 4 is 29.1 Å². The number of nitrogens with two attached hydrogens (primary N) is 1. The van der Waals surface area contributed by atoms with Crippen LogP contribution in [0.2, 0.25) is 5.02 Å². The van der Waals surface area contributed by atoms with Gasteiger partial charge in [-0.15, -0.1) is 0 Å². The van der Waals surface area contributed by atoms with Gasteiger partial charge in [0.25, 0.3) is 0 Å². The minimum atomic E-state index is -0.441. The molecule has 5 fully saturated rings. The number of halogens is 1. The first-order valence-electron chi connectivity index (χ1n) is 12.4. The van der Waals surface area contributed by atoms with Crippen LogP contribution < -0.4 is 16.4 Å². The summed E-state index contributed by atoms with van der Waals surface area (Å²) < 4.78 is 0. The molecule has 0 aliphatic heterocycles. The van der Waals surface area contributed by atoms with E-state index in [1.165, 1.54) is 0 Å². The van der Waals surface area contributed by atoms with Crippen LogP contribution >= 0.6 is 11.6 Å². The van der Waals surface area contributed by atoms with Crippen LogP contribution in [-0.4, -0.2) is 29.4 Å². The van der Waals surface area contributed by atoms with E-state index in [2.05, 4.69) is 15.6 Å². The van der Waals surface area contributed by atoms with Crippen molar-refractivity contribution in [2.24, 2.45) is 34.8 Å². The monoisotopic (exact) mass is 478 g/mol. The number of carbonyl (C=O) groups is 2. The number of aromatic nitrogens is 1. The van der Waals surface area contributed by atoms with Gasteiger partial charge >= 0.3 is 0 Å². The topological polar surface area (TPSA) is 97.1 Å². The number of hydrogen-bond acceptors (Lipinski definition) is 4. The molecule has 4 bridgehead atoms. The first kappa shape index (κ1) is 22.1. The number of benzene rings is 1. The number of nitrogens with zero attached hydrogens (tertiary/aromatic N) is 1. The lowest BCUT2D eigenvalue weighted by Crippen LogP contribution is -2.49. The molecule has 1 heterocycles. The van der Waals surface area contributed by atoms with E-state index >= 15 is 0 Å². The molecular weight excluding hydrogens is 448 g/mol. The number of hydrogen-bond donors (Lipinski definition) is 3. The first-order chi connectivity index (χ1) is 16.4. The van der Waals surface area contributed by atoms with E-state index in [4.69, 9.17) is 17.3 Å². The molecule has 0 saturated heterocycles. The van der Waals surface area contributed by atoms with Crippen molar-refractivity contribution in [3.63, 3.8) is 0 Å². The van der Waals surface area contributed by atoms with Crippen LogP contribution in [0.3, 0.4) is 0 Å². The van der Waals surface area contributed by atoms with Crippen molar-refractivity contribution in [2.75, 3.05) is 11.9 Å². The van der Waals surface area contributed by atoms with Gasteiger partial charge in [-0.3, -0.25) is 14.6 Å². The normalized spacial score (nSPS) is 32.9. The zero-order chi connectivity index (χ0) is 23.5. The van der Waals surface area contributed by atoms with E-state index in [1.54, 1.807) is 12.4 Å². The molecule has 5 aliphatic carbocycles. The van der Waals surface area contributed by atoms with Crippen LogP contribution in [0.25, 0.3) is 0 Å². The van der Waals surface area contributed by atoms with Gasteiger partial charge in [-0.1, -0.05) is 23.7 Å². The third kappa shape index (κ3) is 3.45. The highest BCUT2D eigenvalue weighted by Crippen LogP contribution is 2.68. The van der Waals surface area contributed by atoms with E-state index in [0.29, 0.717) is 23.4 Å². The summed E-state index contributed by atoms with van der Waals surface area (Å²) >= 11 is 6.03. The van der Waals surface area contributed by atoms with Gasteiger partial charge in [0.05, 0.1) is 10.8 Å². The maximum Gasteiger partial charge on any atom is 0.230 e. The fraction of sp³-hybridized carbons (Fsp3) is 0.519. The van der Waals surface area contributed by atoms with Crippen molar-refractivity contribution < 1.29 is 9.59 Å². The lowest BCUT2D eigenvalue weighted by Gasteiger charge is -2.36. The van der Waals surface area contributed by atoms with Crippen LogP contribution in [0.5, 0.6) is 0 Å². The lowest BCUT2D eigenvalue weighted by atomic mass is 9.72. The smallest absolute Gasteiger partial charge is 0.230 e. The molecule has 5 aliphatic rings. The second-order valence-corrected chi connectivity index (χ2v) is 11.4. The lowest BCUT2D eigenvalue weighted by molar-refractivity contribution is -0.127. The van der Waals surface area contributed by atoms with Gasteiger partial charge in [-0.2, -0.15) is 0 Å². The Balaban J connectivity index is 1.13. The van der Waals surface area contributed by atoms with Gasteiger partial charge in [0.2, 0.25) is 11.8 Å². The van der Waals surface area contributed by atoms with Gasteiger partial charge < -0.3 is 16.4 Å². The fourth-order valence-electron chi connectivity index (χ4n) is 7.62. The Kier molecular flexibility index (Phi) is 5.23. The SMILES string of the molecule is N[C@H](CNC(=O)C1(c2ccc(Cl)cc2)CC1)C1C2CC3CC1C(C(=O)Nc1ccncc1)(C3)C2. The summed E-state index contributed by atoms with van der Waals surface area (Å²) in [5.74, 6) is 1.82. The molecule has 178 valence electrons. The average molecular weight is 479 g/mol. The largest absolute Gasteiger partial charge is 0.354 e. The molecule has 6 nitrogen and oxygen atoms in total. The number of anilines is 1. The van der Waals surface area contributed by atoms with Crippen molar-refractivity contribution in [1.82, 2.24) is 10.3 Å². The van der Waals surface area contributed by atoms with Crippen molar-refractivity contribution in [3.05, 3.63) is 59.4 Å². The molecule has 1 aromatic carbocycles. The highest BCUT2D eigenvalue weighted by molar-refractivity contribution is 6.30. The Bertz CT molecular complexity index is 1100. The van der Waals surface area contributed by atoms with Crippen molar-refractivity contribution in [2.45, 2.75) is 50.0 Å². The van der Waals surface area contributed by atoms with Crippen LogP contribution in [0, 0.1) is 29.1 Å². The number of pyridine rings is 1. The summed E-state index contributed by atoms with van der Waals surface area (Å²) in [6, 6.07) is 11.1. The van der Waals surface area contributed by atoms with Gasteiger partial charge in [-0.05, 0) is 92.0 Å². The molecular formula is C27H31ClN4O2. The highest BCUT2D eigenvalue weighted by atomic mass is 35.5. The molecule has 5 unspecified atom stereocenters. The Morgan fingerprint density at radius 1 is 1.06 bits per heavy atom. The zero-order valence-corrected chi connectivity index (χ0v) is 19.9. The van der Waals surface area contributed by atoms with E-state index in [9.17, 15) is 9.59 Å². The Labute approximate surface area is 205 Å². The Morgan fingerprint density at radius 3 is 2.50 bits per heavy atom. The molecule has 2 aromatic rings. The minimum absolute atomic E-state index is 0.0582. The van der Waals surface area contributed by atoms with E-state index in [-0.39, 0.29) is 35.1 Å². The molecule has 0 radical (unpaired) electrons. The maximum atomic E-state index is 13.5. The summed E-state index contributed by atoms with van der Waals surface area (Å²) in [4.78, 5) is 30.7. The third-order valence-electron chi connectivity index (χ3n) is 9.19. The average Bonchev–Trinajstić information content (AvgIpc) is 3.56. The maximum absolute atomic E-state index is 13.5. The molecule has 7 rings (SSSR count). The molecule has 0 spiro atoms. The van der Waals surface area contributed by atoms with Crippen LogP contribution in [-0.2, 0) is 15.0 Å². The van der Waals surface area contributed by atoms with Gasteiger partial charge in [0.15, 0.2) is 0 Å². The van der Waals surface area contributed by atoms with Crippen molar-refractivity contribution in [3.8, 4) is 0 Å². The van der Waals surface area contributed by atoms with Crippen LogP contribution in [0.1, 0.15) is 44.1 Å². The Hall–Kier alpha value is -2.44. The van der Waals surface area contributed by atoms with E-state index < -0.39 is 5.41 Å². The standard InChI is InChI=1S/C27H31ClN4O2/c28-19-3-1-18(2-4-19)26(7-8-26)24(33)31-15-22(29)23-17-11-16-12-21(23)27(13-16,14-17)25(34)32-20-5-9-30-10-6-20/h1-6,9-10,16-17,21-23H,7-8,11-15,29H2,(H,31,33)(H,30,32,34)/t16?,17?,21?,22-,23?,27?/m1/s1. The van der Waals surface area contributed by atoms with Gasteiger partial charge in [0, 0.05) is 35.7 Å². The molecule has 7 heteroatoms.